The smallest absolute Gasteiger partial charge is 0.119 e. The van der Waals surface area contributed by atoms with Crippen molar-refractivity contribution >= 4 is 5.57 Å². The number of benzene rings is 1. The van der Waals surface area contributed by atoms with E-state index in [-0.39, 0.29) is 6.04 Å². The number of fused-ring (bicyclic) bond motifs is 1. The predicted molar refractivity (Wildman–Crippen MR) is 62.9 cm³/mol. The topological polar surface area (TPSA) is 35.2 Å². The van der Waals surface area contributed by atoms with Gasteiger partial charge in [-0.25, -0.2) is 0 Å². The highest BCUT2D eigenvalue weighted by Gasteiger charge is 2.15. The number of rotatable bonds is 2. The maximum Gasteiger partial charge on any atom is 0.119 e. The van der Waals surface area contributed by atoms with Gasteiger partial charge in [0, 0.05) is 6.04 Å². The van der Waals surface area contributed by atoms with E-state index in [0.29, 0.717) is 0 Å². The second-order valence-corrected chi connectivity index (χ2v) is 4.01. The molecular weight excluding hydrogens is 186 g/mol. The van der Waals surface area contributed by atoms with Crippen LogP contribution in [0.2, 0.25) is 0 Å². The molecule has 0 bridgehead atoms. The van der Waals surface area contributed by atoms with Crippen LogP contribution in [0.1, 0.15) is 24.5 Å². The van der Waals surface area contributed by atoms with Gasteiger partial charge >= 0.3 is 0 Å². The van der Waals surface area contributed by atoms with Gasteiger partial charge in [-0.05, 0) is 48.6 Å². The molecule has 1 aliphatic carbocycles. The van der Waals surface area contributed by atoms with Gasteiger partial charge in [0.25, 0.3) is 0 Å². The first-order valence-electron chi connectivity index (χ1n) is 5.35. The number of hydrogen-bond donors (Lipinski definition) is 1. The van der Waals surface area contributed by atoms with Crippen molar-refractivity contribution in [1.82, 2.24) is 0 Å². The van der Waals surface area contributed by atoms with E-state index >= 15 is 0 Å². The van der Waals surface area contributed by atoms with Crippen molar-refractivity contribution in [3.05, 3.63) is 35.4 Å². The highest BCUT2D eigenvalue weighted by Crippen LogP contribution is 2.30. The maximum absolute atomic E-state index is 5.95. The Morgan fingerprint density at radius 1 is 1.40 bits per heavy atom. The molecule has 0 spiro atoms. The monoisotopic (exact) mass is 203 g/mol. The van der Waals surface area contributed by atoms with Gasteiger partial charge in [-0.1, -0.05) is 12.1 Å². The molecule has 2 N–H and O–H groups in total. The highest BCUT2D eigenvalue weighted by molar-refractivity contribution is 5.73. The first kappa shape index (κ1) is 10.2. The van der Waals surface area contributed by atoms with E-state index in [1.807, 2.05) is 13.0 Å². The lowest BCUT2D eigenvalue weighted by Gasteiger charge is -2.21. The molecule has 1 atom stereocenters. The molecule has 80 valence electrons. The average Bonchev–Trinajstić information content (AvgIpc) is 2.27. The van der Waals surface area contributed by atoms with Crippen molar-refractivity contribution in [3.63, 3.8) is 0 Å². The van der Waals surface area contributed by atoms with Crippen molar-refractivity contribution in [1.29, 1.82) is 0 Å². The normalized spacial score (nSPS) is 16.6. The summed E-state index contributed by atoms with van der Waals surface area (Å²) in [5.41, 5.74) is 9.86. The van der Waals surface area contributed by atoms with E-state index < -0.39 is 0 Å². The summed E-state index contributed by atoms with van der Waals surface area (Å²) >= 11 is 0. The molecule has 0 saturated carbocycles. The van der Waals surface area contributed by atoms with Gasteiger partial charge in [-0.15, -0.1) is 0 Å². The summed E-state index contributed by atoms with van der Waals surface area (Å²) in [4.78, 5) is 0. The van der Waals surface area contributed by atoms with Gasteiger partial charge < -0.3 is 10.5 Å². The van der Waals surface area contributed by atoms with Crippen LogP contribution in [0.5, 0.6) is 5.75 Å². The van der Waals surface area contributed by atoms with Gasteiger partial charge in [0.1, 0.15) is 5.75 Å². The highest BCUT2D eigenvalue weighted by atomic mass is 16.5. The Hall–Kier alpha value is -1.28. The summed E-state index contributed by atoms with van der Waals surface area (Å²) in [6.45, 7) is 2.03. The number of ether oxygens (including phenoxy) is 1. The number of allylic oxidation sites excluding steroid dienone is 1. The summed E-state index contributed by atoms with van der Waals surface area (Å²) in [5, 5.41) is 0. The van der Waals surface area contributed by atoms with Gasteiger partial charge in [0.05, 0.1) is 7.11 Å². The fourth-order valence-electron chi connectivity index (χ4n) is 2.11. The molecule has 0 aliphatic heterocycles. The number of methoxy groups -OCH3 is 1. The third-order valence-corrected chi connectivity index (χ3v) is 2.89. The van der Waals surface area contributed by atoms with Crippen LogP contribution >= 0.6 is 0 Å². The molecule has 1 unspecified atom stereocenters. The van der Waals surface area contributed by atoms with Crippen molar-refractivity contribution in [2.24, 2.45) is 5.73 Å². The molecular formula is C13H17NO. The van der Waals surface area contributed by atoms with Crippen LogP contribution in [-0.4, -0.2) is 13.2 Å². The van der Waals surface area contributed by atoms with Gasteiger partial charge in [0.15, 0.2) is 0 Å². The molecule has 2 heteroatoms. The van der Waals surface area contributed by atoms with Crippen LogP contribution in [0.4, 0.5) is 0 Å². The predicted octanol–water partition coefficient (Wildman–Crippen LogP) is 2.37. The minimum Gasteiger partial charge on any atom is -0.497 e. The minimum atomic E-state index is 0.109. The van der Waals surface area contributed by atoms with Crippen molar-refractivity contribution in [2.75, 3.05) is 7.11 Å². The molecule has 0 fully saturated rings. The van der Waals surface area contributed by atoms with Crippen LogP contribution in [0, 0.1) is 0 Å². The van der Waals surface area contributed by atoms with E-state index in [4.69, 9.17) is 10.5 Å². The summed E-state index contributed by atoms with van der Waals surface area (Å²) in [6.07, 6.45) is 4.42. The molecule has 2 nitrogen and oxygen atoms in total. The van der Waals surface area contributed by atoms with Crippen molar-refractivity contribution in [3.8, 4) is 5.75 Å². The molecule has 1 aliphatic rings. The van der Waals surface area contributed by atoms with E-state index in [0.717, 1.165) is 18.6 Å². The Morgan fingerprint density at radius 3 is 2.87 bits per heavy atom. The molecule has 1 aromatic carbocycles. The minimum absolute atomic E-state index is 0.109. The lowest BCUT2D eigenvalue weighted by Crippen LogP contribution is -2.19. The zero-order valence-electron chi connectivity index (χ0n) is 9.29. The van der Waals surface area contributed by atoms with Crippen LogP contribution in [0.3, 0.4) is 0 Å². The maximum atomic E-state index is 5.95. The Bertz CT molecular complexity index is 394. The second-order valence-electron chi connectivity index (χ2n) is 4.01. The Labute approximate surface area is 90.7 Å². The summed E-state index contributed by atoms with van der Waals surface area (Å²) < 4.78 is 5.23. The molecule has 0 aromatic heterocycles. The Morgan fingerprint density at radius 2 is 2.20 bits per heavy atom. The Kier molecular flexibility index (Phi) is 2.78. The molecule has 0 heterocycles. The van der Waals surface area contributed by atoms with E-state index in [1.54, 1.807) is 7.11 Å². The summed E-state index contributed by atoms with van der Waals surface area (Å²) in [6, 6.07) is 6.34. The summed E-state index contributed by atoms with van der Waals surface area (Å²) in [7, 11) is 1.70. The van der Waals surface area contributed by atoms with Crippen LogP contribution in [0.25, 0.3) is 5.57 Å². The third-order valence-electron chi connectivity index (χ3n) is 2.89. The summed E-state index contributed by atoms with van der Waals surface area (Å²) in [5.74, 6) is 0.930. The molecule has 2 rings (SSSR count). The van der Waals surface area contributed by atoms with Crippen LogP contribution in [-0.2, 0) is 6.42 Å². The average molecular weight is 203 g/mol. The molecule has 0 saturated heterocycles. The Balaban J connectivity index is 2.44. The lowest BCUT2D eigenvalue weighted by molar-refractivity contribution is 0.414. The van der Waals surface area contributed by atoms with Crippen molar-refractivity contribution < 1.29 is 4.74 Å². The van der Waals surface area contributed by atoms with Gasteiger partial charge in [-0.3, -0.25) is 0 Å². The lowest BCUT2D eigenvalue weighted by atomic mass is 9.87. The largest absolute Gasteiger partial charge is 0.497 e. The molecule has 0 radical (unpaired) electrons. The number of aryl methyl sites for hydroxylation is 1. The first-order valence-corrected chi connectivity index (χ1v) is 5.35. The second kappa shape index (κ2) is 4.07. The van der Waals surface area contributed by atoms with Crippen LogP contribution < -0.4 is 10.5 Å². The van der Waals surface area contributed by atoms with Gasteiger partial charge in [0.2, 0.25) is 0 Å². The van der Waals surface area contributed by atoms with Crippen molar-refractivity contribution in [2.45, 2.75) is 25.8 Å². The quantitative estimate of drug-likeness (QED) is 0.801. The standard InChI is InChI=1S/C13H17NO/c1-9(14)12-5-3-4-10-8-11(15-2)6-7-13(10)12/h5-9H,3-4,14H2,1-2H3. The fourth-order valence-corrected chi connectivity index (χ4v) is 2.11. The number of hydrogen-bond acceptors (Lipinski definition) is 2. The van der Waals surface area contributed by atoms with Gasteiger partial charge in [-0.2, -0.15) is 0 Å². The molecule has 1 aromatic rings. The third kappa shape index (κ3) is 1.90. The van der Waals surface area contributed by atoms with Crippen LogP contribution in [0.15, 0.2) is 24.3 Å². The van der Waals surface area contributed by atoms with E-state index in [1.165, 1.54) is 16.7 Å². The zero-order chi connectivity index (χ0) is 10.8. The molecule has 0 amide bonds. The fraction of sp³-hybridized carbons (Fsp3) is 0.385. The number of nitrogens with two attached hydrogens (primary N) is 1. The molecule has 15 heavy (non-hydrogen) atoms. The SMILES string of the molecule is COc1ccc2c(c1)CCC=C2C(C)N. The first-order chi connectivity index (χ1) is 7.22. The van der Waals surface area contributed by atoms with E-state index in [9.17, 15) is 0 Å². The van der Waals surface area contributed by atoms with E-state index in [2.05, 4.69) is 18.2 Å². The zero-order valence-corrected chi connectivity index (χ0v) is 9.29.